The molecule has 0 saturated heterocycles. The molecule has 0 unspecified atom stereocenters. The summed E-state index contributed by atoms with van der Waals surface area (Å²) in [6.07, 6.45) is 0. The van der Waals surface area contributed by atoms with E-state index in [4.69, 9.17) is 11.1 Å². The molecule has 1 aromatic heterocycles. The van der Waals surface area contributed by atoms with Gasteiger partial charge in [-0.1, -0.05) is 0 Å². The van der Waals surface area contributed by atoms with E-state index in [2.05, 4.69) is 15.9 Å². The molecule has 0 aliphatic heterocycles. The normalized spacial score (nSPS) is 10.1. The van der Waals surface area contributed by atoms with Crippen molar-refractivity contribution in [2.24, 2.45) is 5.73 Å². The summed E-state index contributed by atoms with van der Waals surface area (Å²) < 4.78 is 1.96. The average Bonchev–Trinajstić information content (AvgIpc) is 1.99. The van der Waals surface area contributed by atoms with Crippen LogP contribution in [0.5, 0.6) is 0 Å². The van der Waals surface area contributed by atoms with E-state index in [-0.39, 0.29) is 5.49 Å². The molecule has 0 aromatic carbocycles. The first-order valence-corrected chi connectivity index (χ1v) is 4.47. The van der Waals surface area contributed by atoms with Gasteiger partial charge in [-0.25, -0.2) is 4.79 Å². The number of carbonyl (C=O) groups is 1. The molecule has 1 amide bonds. The van der Waals surface area contributed by atoms with Crippen LogP contribution >= 0.6 is 15.9 Å². The first-order chi connectivity index (χ1) is 5.95. The summed E-state index contributed by atoms with van der Waals surface area (Å²) in [5, 5.41) is 7.52. The molecular formula is C8H10BrN3O. The number of aromatic nitrogens is 1. The molecule has 70 valence electrons. The molecule has 4 nitrogen and oxygen atoms in total. The number of amides is 1. The zero-order valence-corrected chi connectivity index (χ0v) is 8.97. The third-order valence-corrected chi connectivity index (χ3v) is 3.01. The summed E-state index contributed by atoms with van der Waals surface area (Å²) in [5.41, 5.74) is 6.79. The molecule has 0 radical (unpaired) electrons. The standard InChI is InChI=1S/C8H10BrN3O/c1-4-3-6(10)12(8(11)13)5(2)7(4)9/h3,10H,1-2H3,(H2,11,13). The van der Waals surface area contributed by atoms with E-state index in [0.29, 0.717) is 5.69 Å². The first-order valence-electron chi connectivity index (χ1n) is 3.68. The lowest BCUT2D eigenvalue weighted by Crippen LogP contribution is -2.33. The maximum absolute atomic E-state index is 11.0. The maximum Gasteiger partial charge on any atom is 0.324 e. The summed E-state index contributed by atoms with van der Waals surface area (Å²) in [4.78, 5) is 11.0. The Hall–Kier alpha value is -1.10. The van der Waals surface area contributed by atoms with Gasteiger partial charge in [0.15, 0.2) is 0 Å². The quantitative estimate of drug-likeness (QED) is 0.708. The van der Waals surface area contributed by atoms with Gasteiger partial charge >= 0.3 is 6.03 Å². The molecular weight excluding hydrogens is 234 g/mol. The number of pyridine rings is 1. The molecule has 1 rings (SSSR count). The van der Waals surface area contributed by atoms with Gasteiger partial charge in [0.2, 0.25) is 0 Å². The predicted octanol–water partition coefficient (Wildman–Crippen LogP) is 1.27. The van der Waals surface area contributed by atoms with Crippen LogP contribution in [-0.2, 0) is 0 Å². The summed E-state index contributed by atoms with van der Waals surface area (Å²) in [6, 6.07) is 0.949. The van der Waals surface area contributed by atoms with E-state index in [1.807, 2.05) is 6.92 Å². The van der Waals surface area contributed by atoms with Crippen LogP contribution in [0.25, 0.3) is 0 Å². The van der Waals surface area contributed by atoms with Crippen molar-refractivity contribution in [3.8, 4) is 0 Å². The van der Waals surface area contributed by atoms with E-state index in [1.54, 1.807) is 13.0 Å². The van der Waals surface area contributed by atoms with Crippen LogP contribution in [0.2, 0.25) is 0 Å². The average molecular weight is 244 g/mol. The van der Waals surface area contributed by atoms with Crippen LogP contribution in [0.1, 0.15) is 11.3 Å². The minimum absolute atomic E-state index is 0.103. The van der Waals surface area contributed by atoms with Crippen LogP contribution in [0.4, 0.5) is 4.79 Å². The number of halogens is 1. The minimum Gasteiger partial charge on any atom is -0.351 e. The van der Waals surface area contributed by atoms with Crippen molar-refractivity contribution in [2.75, 3.05) is 0 Å². The highest BCUT2D eigenvalue weighted by Crippen LogP contribution is 2.17. The second-order valence-electron chi connectivity index (χ2n) is 2.79. The van der Waals surface area contributed by atoms with Crippen molar-refractivity contribution in [2.45, 2.75) is 13.8 Å². The Balaban J connectivity index is 3.63. The molecule has 0 aliphatic rings. The van der Waals surface area contributed by atoms with Gasteiger partial charge in [-0.15, -0.1) is 0 Å². The van der Waals surface area contributed by atoms with Gasteiger partial charge in [-0.3, -0.25) is 9.98 Å². The lowest BCUT2D eigenvalue weighted by molar-refractivity contribution is 0.249. The number of nitrogens with one attached hydrogen (secondary N) is 1. The van der Waals surface area contributed by atoms with E-state index in [1.165, 1.54) is 0 Å². The molecule has 3 N–H and O–H groups in total. The number of primary amides is 1. The van der Waals surface area contributed by atoms with Crippen molar-refractivity contribution in [3.63, 3.8) is 0 Å². The molecule has 0 fully saturated rings. The zero-order chi connectivity index (χ0) is 10.2. The fourth-order valence-electron chi connectivity index (χ4n) is 1.18. The molecule has 0 atom stereocenters. The van der Waals surface area contributed by atoms with Gasteiger partial charge in [0.05, 0.1) is 0 Å². The number of aryl methyl sites for hydroxylation is 1. The Labute approximate surface area is 84.0 Å². The van der Waals surface area contributed by atoms with Gasteiger partial charge in [0, 0.05) is 10.2 Å². The Morgan fingerprint density at radius 3 is 2.62 bits per heavy atom. The lowest BCUT2D eigenvalue weighted by atomic mass is 10.2. The van der Waals surface area contributed by atoms with Crippen LogP contribution in [-0.4, -0.2) is 10.6 Å². The van der Waals surface area contributed by atoms with Gasteiger partial charge in [0.1, 0.15) is 5.49 Å². The number of hydrogen-bond donors (Lipinski definition) is 2. The van der Waals surface area contributed by atoms with Gasteiger partial charge < -0.3 is 5.73 Å². The number of hydrogen-bond acceptors (Lipinski definition) is 2. The van der Waals surface area contributed by atoms with Crippen molar-refractivity contribution in [3.05, 3.63) is 27.3 Å². The third-order valence-electron chi connectivity index (χ3n) is 1.81. The van der Waals surface area contributed by atoms with Crippen LogP contribution in [0, 0.1) is 19.3 Å². The van der Waals surface area contributed by atoms with Gasteiger partial charge in [0.25, 0.3) is 0 Å². The largest absolute Gasteiger partial charge is 0.351 e. The Morgan fingerprint density at radius 2 is 2.15 bits per heavy atom. The zero-order valence-electron chi connectivity index (χ0n) is 7.39. The van der Waals surface area contributed by atoms with Crippen LogP contribution in [0.3, 0.4) is 0 Å². The summed E-state index contributed by atoms with van der Waals surface area (Å²) in [6.45, 7) is 3.60. The number of rotatable bonds is 0. The predicted molar refractivity (Wildman–Crippen MR) is 52.4 cm³/mol. The van der Waals surface area contributed by atoms with Gasteiger partial charge in [-0.2, -0.15) is 0 Å². The number of nitrogens with two attached hydrogens (primary N) is 1. The monoisotopic (exact) mass is 243 g/mol. The lowest BCUT2D eigenvalue weighted by Gasteiger charge is -2.10. The van der Waals surface area contributed by atoms with E-state index < -0.39 is 6.03 Å². The number of carbonyl (C=O) groups excluding carboxylic acids is 1. The highest BCUT2D eigenvalue weighted by atomic mass is 79.9. The topological polar surface area (TPSA) is 71.9 Å². The minimum atomic E-state index is -0.636. The first kappa shape index (κ1) is 9.98. The van der Waals surface area contributed by atoms with Crippen molar-refractivity contribution in [1.82, 2.24) is 4.57 Å². The van der Waals surface area contributed by atoms with Crippen LogP contribution < -0.4 is 11.2 Å². The molecule has 0 spiro atoms. The molecule has 5 heteroatoms. The Bertz CT molecular complexity index is 422. The van der Waals surface area contributed by atoms with Crippen molar-refractivity contribution in [1.29, 1.82) is 5.41 Å². The summed E-state index contributed by atoms with van der Waals surface area (Å²) in [7, 11) is 0. The molecule has 1 heterocycles. The number of nitrogens with zero attached hydrogens (tertiary/aromatic N) is 1. The SMILES string of the molecule is Cc1cc(=N)n(C(N)=O)c(C)c1Br. The van der Waals surface area contributed by atoms with Crippen molar-refractivity contribution < 1.29 is 4.79 Å². The Kier molecular flexibility index (Phi) is 2.56. The molecule has 0 bridgehead atoms. The maximum atomic E-state index is 11.0. The third kappa shape index (κ3) is 1.65. The van der Waals surface area contributed by atoms with E-state index >= 15 is 0 Å². The fraction of sp³-hybridized carbons (Fsp3) is 0.250. The molecule has 0 saturated carbocycles. The molecule has 0 aliphatic carbocycles. The van der Waals surface area contributed by atoms with Crippen LogP contribution in [0.15, 0.2) is 10.5 Å². The molecule has 13 heavy (non-hydrogen) atoms. The highest BCUT2D eigenvalue weighted by molar-refractivity contribution is 9.10. The second kappa shape index (κ2) is 3.33. The summed E-state index contributed by atoms with van der Waals surface area (Å²) in [5.74, 6) is 0. The smallest absolute Gasteiger partial charge is 0.324 e. The van der Waals surface area contributed by atoms with Crippen molar-refractivity contribution >= 4 is 22.0 Å². The second-order valence-corrected chi connectivity index (χ2v) is 3.58. The summed E-state index contributed by atoms with van der Waals surface area (Å²) >= 11 is 3.32. The van der Waals surface area contributed by atoms with E-state index in [9.17, 15) is 4.79 Å². The Morgan fingerprint density at radius 1 is 1.62 bits per heavy atom. The molecule has 1 aromatic rings. The highest BCUT2D eigenvalue weighted by Gasteiger charge is 2.08. The van der Waals surface area contributed by atoms with Gasteiger partial charge in [-0.05, 0) is 41.4 Å². The van der Waals surface area contributed by atoms with E-state index in [0.717, 1.165) is 14.6 Å². The fourth-order valence-corrected chi connectivity index (χ4v) is 1.47.